The third-order valence-corrected chi connectivity index (χ3v) is 5.25. The van der Waals surface area contributed by atoms with Gasteiger partial charge in [0.1, 0.15) is 0 Å². The number of ether oxygens (including phenoxy) is 1. The lowest BCUT2D eigenvalue weighted by molar-refractivity contribution is 0.0951. The van der Waals surface area contributed by atoms with Crippen LogP contribution in [0.15, 0.2) is 27.6 Å². The van der Waals surface area contributed by atoms with Gasteiger partial charge in [0.2, 0.25) is 10.0 Å². The van der Waals surface area contributed by atoms with Crippen LogP contribution >= 0.6 is 15.9 Å². The fourth-order valence-corrected chi connectivity index (χ4v) is 3.24. The molecular weight excluding hydrogens is 384 g/mol. The quantitative estimate of drug-likeness (QED) is 0.615. The minimum atomic E-state index is -3.67. The van der Waals surface area contributed by atoms with E-state index in [4.69, 9.17) is 4.74 Å². The van der Waals surface area contributed by atoms with Crippen molar-refractivity contribution >= 4 is 31.9 Å². The second-order valence-electron chi connectivity index (χ2n) is 5.47. The number of hydrogen-bond donors (Lipinski definition) is 2. The summed E-state index contributed by atoms with van der Waals surface area (Å²) in [5.41, 5.74) is 0.295. The fourth-order valence-electron chi connectivity index (χ4n) is 1.78. The Kier molecular flexibility index (Phi) is 8.18. The zero-order valence-electron chi connectivity index (χ0n) is 13.6. The van der Waals surface area contributed by atoms with Crippen LogP contribution in [0.1, 0.15) is 30.6 Å². The summed E-state index contributed by atoms with van der Waals surface area (Å²) in [5.74, 6) is 0.182. The Morgan fingerprint density at radius 1 is 1.30 bits per heavy atom. The first-order chi connectivity index (χ1) is 10.8. The molecule has 0 spiro atoms. The largest absolute Gasteiger partial charge is 0.383 e. The van der Waals surface area contributed by atoms with Crippen LogP contribution in [0.3, 0.4) is 0 Å². The Bertz CT molecular complexity index is 632. The van der Waals surface area contributed by atoms with E-state index >= 15 is 0 Å². The Hall–Kier alpha value is -0.960. The second kappa shape index (κ2) is 9.36. The summed E-state index contributed by atoms with van der Waals surface area (Å²) in [6, 6.07) is 4.37. The van der Waals surface area contributed by atoms with Gasteiger partial charge in [-0.1, -0.05) is 13.8 Å². The predicted octanol–water partition coefficient (Wildman–Crippen LogP) is 2.15. The van der Waals surface area contributed by atoms with Crippen molar-refractivity contribution in [1.29, 1.82) is 0 Å². The van der Waals surface area contributed by atoms with Gasteiger partial charge in [-0.05, 0) is 46.5 Å². The zero-order valence-corrected chi connectivity index (χ0v) is 16.0. The van der Waals surface area contributed by atoms with Crippen molar-refractivity contribution in [3.05, 3.63) is 28.2 Å². The lowest BCUT2D eigenvalue weighted by atomic mass is 10.1. The summed E-state index contributed by atoms with van der Waals surface area (Å²) in [6.07, 6.45) is 0.861. The van der Waals surface area contributed by atoms with Gasteiger partial charge in [0.15, 0.2) is 0 Å². The molecule has 0 aliphatic rings. The van der Waals surface area contributed by atoms with E-state index in [9.17, 15) is 13.2 Å². The van der Waals surface area contributed by atoms with E-state index in [-0.39, 0.29) is 24.0 Å². The monoisotopic (exact) mass is 406 g/mol. The van der Waals surface area contributed by atoms with Crippen LogP contribution in [-0.2, 0) is 14.8 Å². The predicted molar refractivity (Wildman–Crippen MR) is 93.0 cm³/mol. The highest BCUT2D eigenvalue weighted by molar-refractivity contribution is 9.10. The molecule has 0 saturated carbocycles. The van der Waals surface area contributed by atoms with Gasteiger partial charge >= 0.3 is 0 Å². The summed E-state index contributed by atoms with van der Waals surface area (Å²) < 4.78 is 32.2. The van der Waals surface area contributed by atoms with Gasteiger partial charge in [-0.15, -0.1) is 0 Å². The van der Waals surface area contributed by atoms with E-state index < -0.39 is 10.0 Å². The molecule has 130 valence electrons. The van der Waals surface area contributed by atoms with Gasteiger partial charge in [0.25, 0.3) is 5.91 Å². The average Bonchev–Trinajstić information content (AvgIpc) is 2.47. The van der Waals surface area contributed by atoms with Crippen molar-refractivity contribution in [2.45, 2.75) is 25.2 Å². The molecule has 0 aliphatic carbocycles. The third kappa shape index (κ3) is 6.58. The number of rotatable bonds is 9. The normalized spacial score (nSPS) is 11.7. The van der Waals surface area contributed by atoms with Gasteiger partial charge in [-0.2, -0.15) is 0 Å². The molecular formula is C15H23BrN2O4S. The summed E-state index contributed by atoms with van der Waals surface area (Å²) >= 11 is 3.29. The maximum absolute atomic E-state index is 12.2. The van der Waals surface area contributed by atoms with Crippen LogP contribution in [0, 0.1) is 5.92 Å². The van der Waals surface area contributed by atoms with Crippen LogP contribution < -0.4 is 10.0 Å². The number of carbonyl (C=O) groups excluding carboxylic acids is 1. The highest BCUT2D eigenvalue weighted by Gasteiger charge is 2.18. The molecule has 0 bridgehead atoms. The summed E-state index contributed by atoms with van der Waals surface area (Å²) in [6.45, 7) is 5.14. The van der Waals surface area contributed by atoms with Crippen LogP contribution in [-0.4, -0.2) is 41.1 Å². The number of hydrogen-bond acceptors (Lipinski definition) is 4. The van der Waals surface area contributed by atoms with Gasteiger partial charge < -0.3 is 10.1 Å². The molecule has 23 heavy (non-hydrogen) atoms. The molecule has 0 atom stereocenters. The average molecular weight is 407 g/mol. The molecule has 1 rings (SSSR count). The smallest absolute Gasteiger partial charge is 0.252 e. The van der Waals surface area contributed by atoms with Crippen molar-refractivity contribution in [2.75, 3.05) is 26.8 Å². The highest BCUT2D eigenvalue weighted by atomic mass is 79.9. The Morgan fingerprint density at radius 2 is 2.00 bits per heavy atom. The number of sulfonamides is 1. The van der Waals surface area contributed by atoms with E-state index in [1.807, 2.05) is 0 Å². The molecule has 8 heteroatoms. The highest BCUT2D eigenvalue weighted by Crippen LogP contribution is 2.21. The number of methoxy groups -OCH3 is 1. The maximum Gasteiger partial charge on any atom is 0.252 e. The summed E-state index contributed by atoms with van der Waals surface area (Å²) in [7, 11) is -2.18. The van der Waals surface area contributed by atoms with Crippen LogP contribution in [0.4, 0.5) is 0 Å². The van der Waals surface area contributed by atoms with Gasteiger partial charge in [-0.3, -0.25) is 4.79 Å². The van der Waals surface area contributed by atoms with Crippen LogP contribution in [0.5, 0.6) is 0 Å². The number of carbonyl (C=O) groups is 1. The molecule has 0 radical (unpaired) electrons. The molecule has 0 heterocycles. The minimum absolute atomic E-state index is 0.0470. The number of nitrogens with one attached hydrogen (secondary N) is 2. The molecule has 0 unspecified atom stereocenters. The number of benzene rings is 1. The van der Waals surface area contributed by atoms with Gasteiger partial charge in [0, 0.05) is 24.7 Å². The van der Waals surface area contributed by atoms with Crippen molar-refractivity contribution in [1.82, 2.24) is 10.0 Å². The lowest BCUT2D eigenvalue weighted by Gasteiger charge is -2.11. The molecule has 0 aromatic heterocycles. The van der Waals surface area contributed by atoms with E-state index in [0.29, 0.717) is 22.5 Å². The Balaban J connectivity index is 2.88. The Morgan fingerprint density at radius 3 is 2.61 bits per heavy atom. The first-order valence-electron chi connectivity index (χ1n) is 7.34. The van der Waals surface area contributed by atoms with Crippen molar-refractivity contribution < 1.29 is 17.9 Å². The van der Waals surface area contributed by atoms with E-state index in [1.165, 1.54) is 19.2 Å². The molecule has 0 saturated heterocycles. The van der Waals surface area contributed by atoms with Crippen LogP contribution in [0.25, 0.3) is 0 Å². The molecule has 2 N–H and O–H groups in total. The molecule has 0 aliphatic heterocycles. The SMILES string of the molecule is COCCNS(=O)(=O)c1ccc(Br)c(C(=O)NCCC(C)C)c1. The first-order valence-corrected chi connectivity index (χ1v) is 9.62. The molecule has 0 fully saturated rings. The van der Waals surface area contributed by atoms with E-state index in [1.54, 1.807) is 6.07 Å². The second-order valence-corrected chi connectivity index (χ2v) is 8.09. The zero-order chi connectivity index (χ0) is 17.5. The maximum atomic E-state index is 12.2. The van der Waals surface area contributed by atoms with Crippen molar-refractivity contribution in [3.8, 4) is 0 Å². The summed E-state index contributed by atoms with van der Waals surface area (Å²) in [5, 5.41) is 2.80. The third-order valence-electron chi connectivity index (χ3n) is 3.10. The molecule has 1 amide bonds. The number of halogens is 1. The standard InChI is InChI=1S/C15H23BrN2O4S/c1-11(2)6-7-17-15(19)13-10-12(4-5-14(13)16)23(20,21)18-8-9-22-3/h4-5,10-11,18H,6-9H2,1-3H3,(H,17,19). The molecule has 1 aromatic rings. The first kappa shape index (κ1) is 20.1. The van der Waals surface area contributed by atoms with Crippen LogP contribution in [0.2, 0.25) is 0 Å². The van der Waals surface area contributed by atoms with E-state index in [2.05, 4.69) is 39.8 Å². The van der Waals surface area contributed by atoms with Crippen molar-refractivity contribution in [2.24, 2.45) is 5.92 Å². The van der Waals surface area contributed by atoms with Crippen molar-refractivity contribution in [3.63, 3.8) is 0 Å². The molecule has 6 nitrogen and oxygen atoms in total. The Labute approximate surface area is 146 Å². The number of amides is 1. The summed E-state index contributed by atoms with van der Waals surface area (Å²) in [4.78, 5) is 12.3. The van der Waals surface area contributed by atoms with Gasteiger partial charge in [0.05, 0.1) is 17.1 Å². The fraction of sp³-hybridized carbons (Fsp3) is 0.533. The molecule has 1 aromatic carbocycles. The minimum Gasteiger partial charge on any atom is -0.383 e. The van der Waals surface area contributed by atoms with Gasteiger partial charge in [-0.25, -0.2) is 13.1 Å². The van der Waals surface area contributed by atoms with E-state index in [0.717, 1.165) is 6.42 Å². The lowest BCUT2D eigenvalue weighted by Crippen LogP contribution is -2.28. The topological polar surface area (TPSA) is 84.5 Å².